The van der Waals surface area contributed by atoms with E-state index in [0.717, 1.165) is 32.0 Å². The Labute approximate surface area is 107 Å². The third kappa shape index (κ3) is 1.94. The summed E-state index contributed by atoms with van der Waals surface area (Å²) in [6, 6.07) is 6.63. The van der Waals surface area contributed by atoms with Gasteiger partial charge >= 0.3 is 0 Å². The number of rotatable bonds is 2. The molecule has 0 radical (unpaired) electrons. The van der Waals surface area contributed by atoms with Gasteiger partial charge in [-0.05, 0) is 49.3 Å². The minimum absolute atomic E-state index is 0.295. The molecule has 1 aromatic heterocycles. The molecule has 18 heavy (non-hydrogen) atoms. The van der Waals surface area contributed by atoms with E-state index in [4.69, 9.17) is 0 Å². The number of benzene rings is 1. The summed E-state index contributed by atoms with van der Waals surface area (Å²) < 4.78 is 1.91. The van der Waals surface area contributed by atoms with Gasteiger partial charge in [-0.25, -0.2) is 0 Å². The van der Waals surface area contributed by atoms with Gasteiger partial charge in [-0.2, -0.15) is 5.10 Å². The first-order valence-electron chi connectivity index (χ1n) is 6.65. The van der Waals surface area contributed by atoms with E-state index < -0.39 is 0 Å². The fraction of sp³-hybridized carbons (Fsp3) is 0.467. The van der Waals surface area contributed by atoms with Crippen LogP contribution in [0.2, 0.25) is 0 Å². The predicted molar refractivity (Wildman–Crippen MR) is 71.5 cm³/mol. The summed E-state index contributed by atoms with van der Waals surface area (Å²) in [6.45, 7) is 0. The van der Waals surface area contributed by atoms with Crippen LogP contribution in [0.5, 0.6) is 0 Å². The van der Waals surface area contributed by atoms with Crippen molar-refractivity contribution in [1.82, 2.24) is 9.78 Å². The number of aldehydes is 1. The molecule has 0 atom stereocenters. The van der Waals surface area contributed by atoms with Crippen LogP contribution in [0.15, 0.2) is 24.4 Å². The third-order valence-electron chi connectivity index (χ3n) is 4.21. The fourth-order valence-corrected chi connectivity index (χ4v) is 3.02. The summed E-state index contributed by atoms with van der Waals surface area (Å²) in [5.41, 5.74) is 2.58. The number of hydrogen-bond acceptors (Lipinski definition) is 2. The highest BCUT2D eigenvalue weighted by Gasteiger charge is 2.22. The Balaban J connectivity index is 1.84. The maximum absolute atomic E-state index is 10.8. The fourth-order valence-electron chi connectivity index (χ4n) is 3.02. The molecule has 0 amide bonds. The Hall–Kier alpha value is -1.64. The summed E-state index contributed by atoms with van der Waals surface area (Å²) in [4.78, 5) is 10.8. The summed E-state index contributed by atoms with van der Waals surface area (Å²) in [7, 11) is 1.97. The molecule has 0 aliphatic heterocycles. The van der Waals surface area contributed by atoms with Crippen molar-refractivity contribution in [2.24, 2.45) is 13.0 Å². The van der Waals surface area contributed by atoms with E-state index in [9.17, 15) is 4.79 Å². The number of aromatic nitrogens is 2. The van der Waals surface area contributed by atoms with E-state index in [1.165, 1.54) is 16.5 Å². The average molecular weight is 242 g/mol. The molecule has 3 nitrogen and oxygen atoms in total. The topological polar surface area (TPSA) is 34.9 Å². The molecule has 0 N–H and O–H groups in total. The van der Waals surface area contributed by atoms with Gasteiger partial charge in [0.25, 0.3) is 0 Å². The molecule has 94 valence electrons. The van der Waals surface area contributed by atoms with Crippen LogP contribution < -0.4 is 0 Å². The van der Waals surface area contributed by atoms with Gasteiger partial charge in [0.2, 0.25) is 0 Å². The first-order valence-corrected chi connectivity index (χ1v) is 6.65. The zero-order valence-corrected chi connectivity index (χ0v) is 10.7. The van der Waals surface area contributed by atoms with Crippen molar-refractivity contribution in [2.45, 2.75) is 31.6 Å². The van der Waals surface area contributed by atoms with Crippen molar-refractivity contribution in [3.05, 3.63) is 30.0 Å². The molecule has 0 spiro atoms. The molecule has 0 bridgehead atoms. The van der Waals surface area contributed by atoms with Gasteiger partial charge < -0.3 is 4.79 Å². The largest absolute Gasteiger partial charge is 0.303 e. The molecule has 0 unspecified atom stereocenters. The van der Waals surface area contributed by atoms with Crippen LogP contribution in [0.3, 0.4) is 0 Å². The Kier molecular flexibility index (Phi) is 2.90. The predicted octanol–water partition coefficient (Wildman–Crippen LogP) is 3.05. The van der Waals surface area contributed by atoms with Crippen molar-refractivity contribution >= 4 is 17.2 Å². The minimum atomic E-state index is 0.295. The lowest BCUT2D eigenvalue weighted by Crippen LogP contribution is -2.14. The van der Waals surface area contributed by atoms with Gasteiger partial charge in [-0.1, -0.05) is 6.07 Å². The van der Waals surface area contributed by atoms with Gasteiger partial charge in [0.05, 0.1) is 11.7 Å². The molecule has 1 heterocycles. The number of nitrogens with zero attached hydrogens (tertiary/aromatic N) is 2. The van der Waals surface area contributed by atoms with Crippen LogP contribution >= 0.6 is 0 Å². The SMILES string of the molecule is Cn1ncc2cc(C3CCC(C=O)CC3)ccc21. The first-order chi connectivity index (χ1) is 8.78. The Morgan fingerprint density at radius 2 is 2.06 bits per heavy atom. The molecular formula is C15H18N2O. The summed E-state index contributed by atoms with van der Waals surface area (Å²) >= 11 is 0. The zero-order chi connectivity index (χ0) is 12.5. The monoisotopic (exact) mass is 242 g/mol. The number of hydrogen-bond donors (Lipinski definition) is 0. The molecule has 1 fully saturated rings. The molecule has 2 aromatic rings. The normalized spacial score (nSPS) is 24.3. The second-order valence-corrected chi connectivity index (χ2v) is 5.33. The second-order valence-electron chi connectivity index (χ2n) is 5.33. The smallest absolute Gasteiger partial charge is 0.123 e. The molecule has 1 aliphatic rings. The lowest BCUT2D eigenvalue weighted by atomic mass is 9.79. The van der Waals surface area contributed by atoms with E-state index in [2.05, 4.69) is 23.3 Å². The van der Waals surface area contributed by atoms with Gasteiger partial charge in [-0.15, -0.1) is 0 Å². The van der Waals surface area contributed by atoms with Crippen LogP contribution in [-0.4, -0.2) is 16.1 Å². The van der Waals surface area contributed by atoms with Crippen LogP contribution in [-0.2, 0) is 11.8 Å². The molecule has 3 heteroatoms. The summed E-state index contributed by atoms with van der Waals surface area (Å²) in [5.74, 6) is 0.911. The van der Waals surface area contributed by atoms with E-state index in [1.807, 2.05) is 17.9 Å². The lowest BCUT2D eigenvalue weighted by molar-refractivity contribution is -0.111. The average Bonchev–Trinajstić information content (AvgIpc) is 2.80. The van der Waals surface area contributed by atoms with Gasteiger partial charge in [-0.3, -0.25) is 4.68 Å². The van der Waals surface area contributed by atoms with Crippen molar-refractivity contribution in [3.8, 4) is 0 Å². The quantitative estimate of drug-likeness (QED) is 0.759. The second kappa shape index (κ2) is 4.56. The number of carbonyl (C=O) groups excluding carboxylic acids is 1. The van der Waals surface area contributed by atoms with Crippen LogP contribution in [0.25, 0.3) is 10.9 Å². The lowest BCUT2D eigenvalue weighted by Gasteiger charge is -2.25. The van der Waals surface area contributed by atoms with Gasteiger partial charge in [0, 0.05) is 18.4 Å². The van der Waals surface area contributed by atoms with Crippen molar-refractivity contribution in [2.75, 3.05) is 0 Å². The first kappa shape index (κ1) is 11.5. The molecule has 1 aliphatic carbocycles. The Bertz CT molecular complexity index is 565. The summed E-state index contributed by atoms with van der Waals surface area (Å²) in [5, 5.41) is 5.49. The molecule has 3 rings (SSSR count). The molecule has 0 saturated heterocycles. The maximum Gasteiger partial charge on any atom is 0.123 e. The van der Waals surface area contributed by atoms with Crippen molar-refractivity contribution < 1.29 is 4.79 Å². The zero-order valence-electron chi connectivity index (χ0n) is 10.7. The Morgan fingerprint density at radius 3 is 2.78 bits per heavy atom. The molecular weight excluding hydrogens is 224 g/mol. The summed E-state index contributed by atoms with van der Waals surface area (Å²) in [6.07, 6.45) is 7.40. The highest BCUT2D eigenvalue weighted by molar-refractivity contribution is 5.79. The standard InChI is InChI=1S/C15H18N2O/c1-17-15-7-6-13(8-14(15)9-16-17)12-4-2-11(10-18)3-5-12/h6-12H,2-5H2,1H3. The van der Waals surface area contributed by atoms with Gasteiger partial charge in [0.15, 0.2) is 0 Å². The van der Waals surface area contributed by atoms with E-state index in [1.54, 1.807) is 0 Å². The van der Waals surface area contributed by atoms with E-state index in [-0.39, 0.29) is 0 Å². The molecule has 1 aromatic carbocycles. The minimum Gasteiger partial charge on any atom is -0.303 e. The van der Waals surface area contributed by atoms with Crippen LogP contribution in [0.1, 0.15) is 37.2 Å². The van der Waals surface area contributed by atoms with E-state index >= 15 is 0 Å². The van der Waals surface area contributed by atoms with Crippen LogP contribution in [0, 0.1) is 5.92 Å². The van der Waals surface area contributed by atoms with Crippen molar-refractivity contribution in [3.63, 3.8) is 0 Å². The molecule has 1 saturated carbocycles. The third-order valence-corrected chi connectivity index (χ3v) is 4.21. The van der Waals surface area contributed by atoms with E-state index in [0.29, 0.717) is 11.8 Å². The highest BCUT2D eigenvalue weighted by atomic mass is 16.1. The van der Waals surface area contributed by atoms with Crippen molar-refractivity contribution in [1.29, 1.82) is 0 Å². The number of fused-ring (bicyclic) bond motifs is 1. The van der Waals surface area contributed by atoms with Crippen LogP contribution in [0.4, 0.5) is 0 Å². The number of carbonyl (C=O) groups is 1. The Morgan fingerprint density at radius 1 is 1.28 bits per heavy atom. The number of aryl methyl sites for hydroxylation is 1. The maximum atomic E-state index is 10.8. The highest BCUT2D eigenvalue weighted by Crippen LogP contribution is 2.35. The van der Waals surface area contributed by atoms with Gasteiger partial charge in [0.1, 0.15) is 6.29 Å².